The molecule has 2 aromatic heterocycles. The Labute approximate surface area is 186 Å². The minimum atomic E-state index is -0.582. The Morgan fingerprint density at radius 1 is 1.19 bits per heavy atom. The lowest BCUT2D eigenvalue weighted by Gasteiger charge is -2.32. The van der Waals surface area contributed by atoms with Gasteiger partial charge in [0.2, 0.25) is 5.78 Å². The van der Waals surface area contributed by atoms with Crippen molar-refractivity contribution in [2.45, 2.75) is 64.1 Å². The van der Waals surface area contributed by atoms with Crippen LogP contribution in [-0.2, 0) is 11.3 Å². The Morgan fingerprint density at radius 2 is 1.94 bits per heavy atom. The van der Waals surface area contributed by atoms with Crippen LogP contribution in [0.15, 0.2) is 48.8 Å². The van der Waals surface area contributed by atoms with Gasteiger partial charge in [-0.1, -0.05) is 25.0 Å². The summed E-state index contributed by atoms with van der Waals surface area (Å²) >= 11 is 0. The van der Waals surface area contributed by atoms with Crippen LogP contribution in [0, 0.1) is 5.82 Å². The molecule has 0 aliphatic heterocycles. The second-order valence-corrected chi connectivity index (χ2v) is 9.50. The number of nitrogens with zero attached hydrogens (tertiary/aromatic N) is 2. The number of ketones is 1. The van der Waals surface area contributed by atoms with E-state index in [0.29, 0.717) is 23.2 Å². The number of carbonyl (C=O) groups is 2. The van der Waals surface area contributed by atoms with Gasteiger partial charge in [-0.15, -0.1) is 0 Å². The fourth-order valence-corrected chi connectivity index (χ4v) is 4.37. The summed E-state index contributed by atoms with van der Waals surface area (Å²) in [6, 6.07) is 9.92. The molecule has 0 saturated heterocycles. The Balaban J connectivity index is 1.58. The van der Waals surface area contributed by atoms with E-state index >= 15 is 0 Å². The number of carbonyl (C=O) groups excluding carboxylic acids is 2. The third kappa shape index (κ3) is 4.66. The van der Waals surface area contributed by atoms with Crippen molar-refractivity contribution < 1.29 is 18.7 Å². The number of hydrogen-bond donors (Lipinski definition) is 1. The smallest absolute Gasteiger partial charge is 0.408 e. The van der Waals surface area contributed by atoms with Crippen LogP contribution in [0.2, 0.25) is 0 Å². The maximum atomic E-state index is 13.9. The van der Waals surface area contributed by atoms with Gasteiger partial charge in [-0.05, 0) is 57.9 Å². The van der Waals surface area contributed by atoms with E-state index in [1.165, 1.54) is 12.3 Å². The molecule has 0 bridgehead atoms. The Bertz CT molecular complexity index is 1160. The maximum absolute atomic E-state index is 13.9. The molecule has 1 N–H and O–H groups in total. The van der Waals surface area contributed by atoms with Crippen LogP contribution in [0.25, 0.3) is 10.9 Å². The predicted molar refractivity (Wildman–Crippen MR) is 120 cm³/mol. The molecule has 1 aromatic carbocycles. The fraction of sp³-hybridized carbons (Fsp3) is 0.400. The maximum Gasteiger partial charge on any atom is 0.408 e. The van der Waals surface area contributed by atoms with Crippen molar-refractivity contribution in [3.8, 4) is 0 Å². The lowest BCUT2D eigenvalue weighted by atomic mass is 9.97. The third-order valence-electron chi connectivity index (χ3n) is 5.79. The summed E-state index contributed by atoms with van der Waals surface area (Å²) < 4.78 is 21.3. The molecule has 0 radical (unpaired) electrons. The highest BCUT2D eigenvalue weighted by Crippen LogP contribution is 2.32. The van der Waals surface area contributed by atoms with Gasteiger partial charge in [-0.3, -0.25) is 9.78 Å². The molecule has 1 aliphatic rings. The van der Waals surface area contributed by atoms with E-state index in [1.54, 1.807) is 24.3 Å². The molecule has 2 heterocycles. The number of para-hydroxylation sites is 1. The number of alkyl carbamates (subject to hydrolysis) is 1. The van der Waals surface area contributed by atoms with Crippen molar-refractivity contribution >= 4 is 22.8 Å². The molecule has 32 heavy (non-hydrogen) atoms. The summed E-state index contributed by atoms with van der Waals surface area (Å²) in [6.07, 6.45) is 6.44. The molecular weight excluding hydrogens is 409 g/mol. The van der Waals surface area contributed by atoms with E-state index in [-0.39, 0.29) is 11.3 Å². The van der Waals surface area contributed by atoms with E-state index in [9.17, 15) is 14.0 Å². The van der Waals surface area contributed by atoms with Crippen LogP contribution < -0.4 is 5.32 Å². The van der Waals surface area contributed by atoms with E-state index in [0.717, 1.165) is 25.7 Å². The number of halogens is 1. The van der Waals surface area contributed by atoms with Gasteiger partial charge in [-0.2, -0.15) is 0 Å². The van der Waals surface area contributed by atoms with Gasteiger partial charge in [0.25, 0.3) is 0 Å². The zero-order chi connectivity index (χ0) is 22.9. The van der Waals surface area contributed by atoms with Crippen molar-refractivity contribution in [3.63, 3.8) is 0 Å². The van der Waals surface area contributed by atoms with E-state index in [1.807, 2.05) is 37.6 Å². The normalized spacial score (nSPS) is 15.6. The number of ether oxygens (including phenoxy) is 1. The molecule has 1 amide bonds. The molecule has 1 saturated carbocycles. The van der Waals surface area contributed by atoms with Crippen LogP contribution in [0.5, 0.6) is 0 Å². The quantitative estimate of drug-likeness (QED) is 0.554. The van der Waals surface area contributed by atoms with Crippen LogP contribution in [-0.4, -0.2) is 32.6 Å². The monoisotopic (exact) mass is 437 g/mol. The number of benzene rings is 1. The molecule has 1 aliphatic carbocycles. The SMILES string of the molecule is CC(C)(C)OC(=O)NC1(Cn2cccc2C(=O)c2cnc3c(F)cccc3c2)CCCC1. The first-order valence-electron chi connectivity index (χ1n) is 10.9. The predicted octanol–water partition coefficient (Wildman–Crippen LogP) is 5.24. The largest absolute Gasteiger partial charge is 0.444 e. The fourth-order valence-electron chi connectivity index (χ4n) is 4.37. The molecule has 0 atom stereocenters. The van der Waals surface area contributed by atoms with Crippen molar-refractivity contribution in [1.82, 2.24) is 14.9 Å². The van der Waals surface area contributed by atoms with Gasteiger partial charge < -0.3 is 14.6 Å². The van der Waals surface area contributed by atoms with Crippen molar-refractivity contribution in [3.05, 3.63) is 65.9 Å². The van der Waals surface area contributed by atoms with Crippen LogP contribution in [0.4, 0.5) is 9.18 Å². The summed E-state index contributed by atoms with van der Waals surface area (Å²) in [5.41, 5.74) is 0.0802. The number of pyridine rings is 1. The lowest BCUT2D eigenvalue weighted by Crippen LogP contribution is -2.51. The zero-order valence-electron chi connectivity index (χ0n) is 18.7. The third-order valence-corrected chi connectivity index (χ3v) is 5.79. The van der Waals surface area contributed by atoms with Crippen molar-refractivity contribution in [2.24, 2.45) is 0 Å². The topological polar surface area (TPSA) is 73.2 Å². The highest BCUT2D eigenvalue weighted by molar-refractivity contribution is 6.09. The highest BCUT2D eigenvalue weighted by atomic mass is 19.1. The van der Waals surface area contributed by atoms with Gasteiger partial charge in [0.05, 0.1) is 11.2 Å². The minimum Gasteiger partial charge on any atom is -0.444 e. The first kappa shape index (κ1) is 22.0. The van der Waals surface area contributed by atoms with Gasteiger partial charge >= 0.3 is 6.09 Å². The van der Waals surface area contributed by atoms with Gasteiger partial charge in [0.1, 0.15) is 16.9 Å². The average Bonchev–Trinajstić information content (AvgIpc) is 3.36. The molecule has 1 fully saturated rings. The van der Waals surface area contributed by atoms with Gasteiger partial charge in [0, 0.05) is 29.9 Å². The summed E-state index contributed by atoms with van der Waals surface area (Å²) in [5.74, 6) is -0.611. The lowest BCUT2D eigenvalue weighted by molar-refractivity contribution is 0.0444. The minimum absolute atomic E-state index is 0.195. The highest BCUT2D eigenvalue weighted by Gasteiger charge is 2.37. The molecule has 7 heteroatoms. The molecule has 168 valence electrons. The summed E-state index contributed by atoms with van der Waals surface area (Å²) in [7, 11) is 0. The summed E-state index contributed by atoms with van der Waals surface area (Å²) in [6.45, 7) is 5.97. The number of nitrogens with one attached hydrogen (secondary N) is 1. The molecule has 4 rings (SSSR count). The second kappa shape index (κ2) is 8.37. The average molecular weight is 438 g/mol. The number of fused-ring (bicyclic) bond motifs is 1. The Hall–Kier alpha value is -3.22. The van der Waals surface area contributed by atoms with Crippen LogP contribution >= 0.6 is 0 Å². The van der Waals surface area contributed by atoms with Crippen LogP contribution in [0.1, 0.15) is 62.5 Å². The van der Waals surface area contributed by atoms with E-state index in [2.05, 4.69) is 10.3 Å². The van der Waals surface area contributed by atoms with Gasteiger partial charge in [-0.25, -0.2) is 9.18 Å². The van der Waals surface area contributed by atoms with Crippen LogP contribution in [0.3, 0.4) is 0 Å². The molecule has 0 spiro atoms. The van der Waals surface area contributed by atoms with Gasteiger partial charge in [0.15, 0.2) is 0 Å². The summed E-state index contributed by atoms with van der Waals surface area (Å²) in [4.78, 5) is 29.9. The molecule has 0 unspecified atom stereocenters. The van der Waals surface area contributed by atoms with Crippen molar-refractivity contribution in [1.29, 1.82) is 0 Å². The number of rotatable bonds is 5. The number of hydrogen-bond acceptors (Lipinski definition) is 4. The molecular formula is C25H28FN3O3. The first-order valence-corrected chi connectivity index (χ1v) is 10.9. The Morgan fingerprint density at radius 3 is 2.66 bits per heavy atom. The number of aromatic nitrogens is 2. The first-order chi connectivity index (χ1) is 15.2. The summed E-state index contributed by atoms with van der Waals surface area (Å²) in [5, 5.41) is 3.65. The molecule has 6 nitrogen and oxygen atoms in total. The second-order valence-electron chi connectivity index (χ2n) is 9.50. The zero-order valence-corrected chi connectivity index (χ0v) is 18.7. The van der Waals surface area contributed by atoms with E-state index < -0.39 is 23.1 Å². The van der Waals surface area contributed by atoms with E-state index in [4.69, 9.17) is 4.74 Å². The van der Waals surface area contributed by atoms with Crippen molar-refractivity contribution in [2.75, 3.05) is 0 Å². The number of amides is 1. The standard InChI is InChI=1S/C25H28FN3O3/c1-24(2,3)32-23(31)28-25(11-4-5-12-25)16-29-13-7-10-20(29)22(30)18-14-17-8-6-9-19(26)21(17)27-15-18/h6-10,13-15H,4-5,11-12,16H2,1-3H3,(H,28,31). The Kier molecular flexibility index (Phi) is 5.75. The molecule has 3 aromatic rings.